The van der Waals surface area contributed by atoms with Gasteiger partial charge in [0.15, 0.2) is 0 Å². The molecule has 0 radical (unpaired) electrons. The molecule has 6 nitrogen and oxygen atoms in total. The van der Waals surface area contributed by atoms with Gasteiger partial charge in [-0.05, 0) is 48.2 Å². The average molecular weight is 368 g/mol. The molecule has 0 heterocycles. The Bertz CT molecular complexity index is 779. The molecule has 0 aliphatic heterocycles. The lowest BCUT2D eigenvalue weighted by atomic mass is 10.1. The molecule has 0 fully saturated rings. The number of aliphatic hydroxyl groups is 1. The number of carbonyl (C=O) groups is 2. The Morgan fingerprint density at radius 3 is 2.22 bits per heavy atom. The molecule has 6 heteroatoms. The zero-order valence-electron chi connectivity index (χ0n) is 15.3. The first-order valence-electron chi connectivity index (χ1n) is 9.01. The van der Waals surface area contributed by atoms with Crippen molar-refractivity contribution in [2.75, 3.05) is 20.2 Å². The van der Waals surface area contributed by atoms with Gasteiger partial charge in [0.2, 0.25) is 0 Å². The molecule has 0 bridgehead atoms. The van der Waals surface area contributed by atoms with Gasteiger partial charge in [0, 0.05) is 24.7 Å². The van der Waals surface area contributed by atoms with Gasteiger partial charge in [0.05, 0.1) is 18.8 Å². The summed E-state index contributed by atoms with van der Waals surface area (Å²) in [4.78, 5) is 23.6. The lowest BCUT2D eigenvalue weighted by Gasteiger charge is -2.16. The van der Waals surface area contributed by atoms with E-state index in [4.69, 9.17) is 0 Å². The van der Waals surface area contributed by atoms with E-state index in [0.717, 1.165) is 12.8 Å². The largest absolute Gasteiger partial charge is 0.465 e. The van der Waals surface area contributed by atoms with Gasteiger partial charge in [-0.2, -0.15) is 0 Å². The second-order valence-electron chi connectivity index (χ2n) is 6.71. The molecule has 1 aliphatic rings. The highest BCUT2D eigenvalue weighted by atomic mass is 16.5. The van der Waals surface area contributed by atoms with Gasteiger partial charge in [-0.1, -0.05) is 24.3 Å². The summed E-state index contributed by atoms with van der Waals surface area (Å²) in [6.45, 7) is 0.574. The maximum absolute atomic E-state index is 12.2. The standard InChI is InChI=1S/C21H24N2O4/c1-27-21(26)15-8-6-14(7-9-15)20(25)23-13-19(24)12-22-18-10-16-4-2-3-5-17(16)11-18/h2-9,18-19,22,24H,10-13H2,1H3,(H,23,25). The van der Waals surface area contributed by atoms with E-state index in [1.165, 1.54) is 30.4 Å². The molecular weight excluding hydrogens is 344 g/mol. The van der Waals surface area contributed by atoms with Crippen LogP contribution in [0.5, 0.6) is 0 Å². The summed E-state index contributed by atoms with van der Waals surface area (Å²) >= 11 is 0. The normalized spacial score (nSPS) is 14.4. The molecule has 142 valence electrons. The van der Waals surface area contributed by atoms with Crippen LogP contribution in [-0.2, 0) is 17.6 Å². The van der Waals surface area contributed by atoms with Crippen LogP contribution in [0.3, 0.4) is 0 Å². The number of methoxy groups -OCH3 is 1. The number of fused-ring (bicyclic) bond motifs is 1. The molecule has 2 aromatic rings. The molecular formula is C21H24N2O4. The van der Waals surface area contributed by atoms with Gasteiger partial charge in [0.25, 0.3) is 5.91 Å². The fourth-order valence-electron chi connectivity index (χ4n) is 3.27. The molecule has 1 unspecified atom stereocenters. The van der Waals surface area contributed by atoms with Gasteiger partial charge in [-0.25, -0.2) is 4.79 Å². The predicted octanol–water partition coefficient (Wildman–Crippen LogP) is 1.32. The number of esters is 1. The van der Waals surface area contributed by atoms with Crippen molar-refractivity contribution >= 4 is 11.9 Å². The van der Waals surface area contributed by atoms with Gasteiger partial charge in [-0.3, -0.25) is 4.79 Å². The Kier molecular flexibility index (Phi) is 6.21. The molecule has 3 N–H and O–H groups in total. The molecule has 1 atom stereocenters. The van der Waals surface area contributed by atoms with E-state index >= 15 is 0 Å². The van der Waals surface area contributed by atoms with E-state index in [0.29, 0.717) is 23.7 Å². The Morgan fingerprint density at radius 1 is 1.04 bits per heavy atom. The highest BCUT2D eigenvalue weighted by Crippen LogP contribution is 2.21. The Morgan fingerprint density at radius 2 is 1.63 bits per heavy atom. The highest BCUT2D eigenvalue weighted by molar-refractivity contribution is 5.96. The van der Waals surface area contributed by atoms with Crippen LogP contribution in [0, 0.1) is 0 Å². The topological polar surface area (TPSA) is 87.7 Å². The van der Waals surface area contributed by atoms with E-state index in [2.05, 4.69) is 27.5 Å². The zero-order chi connectivity index (χ0) is 19.2. The maximum Gasteiger partial charge on any atom is 0.337 e. The van der Waals surface area contributed by atoms with Crippen molar-refractivity contribution in [1.29, 1.82) is 0 Å². The Hall–Kier alpha value is -2.70. The number of hydrogen-bond acceptors (Lipinski definition) is 5. The Labute approximate surface area is 158 Å². The SMILES string of the molecule is COC(=O)c1ccc(C(=O)NCC(O)CNC2Cc3ccccc3C2)cc1. The maximum atomic E-state index is 12.2. The highest BCUT2D eigenvalue weighted by Gasteiger charge is 2.21. The third-order valence-electron chi connectivity index (χ3n) is 4.76. The number of aliphatic hydroxyl groups excluding tert-OH is 1. The van der Waals surface area contributed by atoms with Crippen molar-refractivity contribution in [2.24, 2.45) is 0 Å². The Balaban J connectivity index is 1.41. The van der Waals surface area contributed by atoms with Crippen LogP contribution in [-0.4, -0.2) is 49.3 Å². The number of amides is 1. The van der Waals surface area contributed by atoms with E-state index in [9.17, 15) is 14.7 Å². The van der Waals surface area contributed by atoms with Crippen LogP contribution < -0.4 is 10.6 Å². The lowest BCUT2D eigenvalue weighted by Crippen LogP contribution is -2.41. The number of benzene rings is 2. The van der Waals surface area contributed by atoms with Crippen molar-refractivity contribution < 1.29 is 19.4 Å². The number of carbonyl (C=O) groups excluding carboxylic acids is 2. The third kappa shape index (κ3) is 4.93. The number of rotatable bonds is 7. The summed E-state index contributed by atoms with van der Waals surface area (Å²) < 4.78 is 4.63. The van der Waals surface area contributed by atoms with Crippen LogP contribution in [0.2, 0.25) is 0 Å². The van der Waals surface area contributed by atoms with Crippen molar-refractivity contribution in [1.82, 2.24) is 10.6 Å². The molecule has 2 aromatic carbocycles. The number of ether oxygens (including phenoxy) is 1. The summed E-state index contributed by atoms with van der Waals surface area (Å²) in [6, 6.07) is 14.9. The molecule has 0 saturated heterocycles. The second kappa shape index (κ2) is 8.79. The van der Waals surface area contributed by atoms with Crippen molar-refractivity contribution in [3.63, 3.8) is 0 Å². The fraction of sp³-hybridized carbons (Fsp3) is 0.333. The van der Waals surface area contributed by atoms with E-state index in [-0.39, 0.29) is 12.5 Å². The van der Waals surface area contributed by atoms with E-state index < -0.39 is 12.1 Å². The summed E-state index contributed by atoms with van der Waals surface area (Å²) in [6.07, 6.45) is 1.25. The van der Waals surface area contributed by atoms with Crippen LogP contribution >= 0.6 is 0 Å². The molecule has 0 saturated carbocycles. The zero-order valence-corrected chi connectivity index (χ0v) is 15.3. The summed E-state index contributed by atoms with van der Waals surface area (Å²) in [5.74, 6) is -0.740. The van der Waals surface area contributed by atoms with Crippen LogP contribution in [0.1, 0.15) is 31.8 Å². The van der Waals surface area contributed by atoms with Crippen molar-refractivity contribution in [2.45, 2.75) is 25.0 Å². The third-order valence-corrected chi connectivity index (χ3v) is 4.76. The fourth-order valence-corrected chi connectivity index (χ4v) is 3.27. The number of nitrogens with one attached hydrogen (secondary N) is 2. The average Bonchev–Trinajstić information content (AvgIpc) is 3.13. The van der Waals surface area contributed by atoms with Gasteiger partial charge in [-0.15, -0.1) is 0 Å². The first-order valence-corrected chi connectivity index (χ1v) is 9.01. The minimum absolute atomic E-state index is 0.157. The summed E-state index contributed by atoms with van der Waals surface area (Å²) in [7, 11) is 1.31. The molecule has 1 aliphatic carbocycles. The molecule has 0 spiro atoms. The van der Waals surface area contributed by atoms with Crippen LogP contribution in [0.4, 0.5) is 0 Å². The molecule has 27 heavy (non-hydrogen) atoms. The van der Waals surface area contributed by atoms with E-state index in [1.54, 1.807) is 12.1 Å². The smallest absolute Gasteiger partial charge is 0.337 e. The van der Waals surface area contributed by atoms with Crippen LogP contribution in [0.25, 0.3) is 0 Å². The van der Waals surface area contributed by atoms with Gasteiger partial charge >= 0.3 is 5.97 Å². The van der Waals surface area contributed by atoms with Crippen LogP contribution in [0.15, 0.2) is 48.5 Å². The van der Waals surface area contributed by atoms with Gasteiger partial charge in [0.1, 0.15) is 0 Å². The first-order chi connectivity index (χ1) is 13.1. The lowest BCUT2D eigenvalue weighted by molar-refractivity contribution is 0.0600. The monoisotopic (exact) mass is 368 g/mol. The first kappa shape index (κ1) is 19.1. The predicted molar refractivity (Wildman–Crippen MR) is 102 cm³/mol. The quantitative estimate of drug-likeness (QED) is 0.642. The van der Waals surface area contributed by atoms with Crippen molar-refractivity contribution in [3.05, 3.63) is 70.8 Å². The minimum Gasteiger partial charge on any atom is -0.465 e. The van der Waals surface area contributed by atoms with E-state index in [1.807, 2.05) is 12.1 Å². The summed E-state index contributed by atoms with van der Waals surface area (Å²) in [5.41, 5.74) is 3.52. The molecule has 0 aromatic heterocycles. The van der Waals surface area contributed by atoms with Crippen molar-refractivity contribution in [3.8, 4) is 0 Å². The summed E-state index contributed by atoms with van der Waals surface area (Å²) in [5, 5.41) is 16.2. The minimum atomic E-state index is -0.674. The van der Waals surface area contributed by atoms with Gasteiger partial charge < -0.3 is 20.5 Å². The molecule has 1 amide bonds. The molecule has 3 rings (SSSR count). The second-order valence-corrected chi connectivity index (χ2v) is 6.71. The number of hydrogen-bond donors (Lipinski definition) is 3.